The Bertz CT molecular complexity index is 1560. The molecular formula is C28H32N6O7S. The molecular weight excluding hydrogens is 564 g/mol. The van der Waals surface area contributed by atoms with Crippen LogP contribution >= 0.6 is 11.3 Å². The smallest absolute Gasteiger partial charge is 0.337 e. The molecule has 0 radical (unpaired) electrons. The molecule has 1 heterocycles. The third-order valence-corrected chi connectivity index (χ3v) is 8.90. The van der Waals surface area contributed by atoms with Gasteiger partial charge in [0.25, 0.3) is 5.91 Å². The maximum Gasteiger partial charge on any atom is 0.337 e. The number of rotatable bonds is 6. The lowest BCUT2D eigenvalue weighted by molar-refractivity contribution is -0.153. The number of likely N-dealkylation sites (N-methyl/N-ethyl adjacent to an activating group) is 1. The Morgan fingerprint density at radius 1 is 1.14 bits per heavy atom. The summed E-state index contributed by atoms with van der Waals surface area (Å²) in [7, 11) is 6.74. The van der Waals surface area contributed by atoms with Crippen molar-refractivity contribution in [2.24, 2.45) is 17.6 Å². The van der Waals surface area contributed by atoms with Crippen molar-refractivity contribution in [3.05, 3.63) is 57.7 Å². The van der Waals surface area contributed by atoms with Crippen molar-refractivity contribution >= 4 is 57.0 Å². The molecule has 222 valence electrons. The zero-order chi connectivity index (χ0) is 30.7. The molecule has 13 nitrogen and oxygen atoms in total. The minimum absolute atomic E-state index is 0.0510. The first-order valence-electron chi connectivity index (χ1n) is 13.1. The quantitative estimate of drug-likeness (QED) is 0.190. The van der Waals surface area contributed by atoms with Crippen LogP contribution in [0.25, 0.3) is 5.76 Å². The molecule has 3 amide bonds. The number of hydrazine groups is 1. The lowest BCUT2D eigenvalue weighted by Gasteiger charge is -2.50. The first kappa shape index (κ1) is 29.1. The number of carbonyl (C=O) groups excluding carboxylic acids is 4. The number of fused-ring (bicyclic) bond motifs is 3. The van der Waals surface area contributed by atoms with Gasteiger partial charge in [-0.3, -0.25) is 30.1 Å². The molecule has 1 fully saturated rings. The van der Waals surface area contributed by atoms with Crippen molar-refractivity contribution in [1.29, 1.82) is 0 Å². The van der Waals surface area contributed by atoms with Gasteiger partial charge >= 0.3 is 6.03 Å². The highest BCUT2D eigenvalue weighted by Gasteiger charge is 2.64. The highest BCUT2D eigenvalue weighted by atomic mass is 32.1. The fourth-order valence-corrected chi connectivity index (χ4v) is 6.90. The minimum atomic E-state index is -2.65. The van der Waals surface area contributed by atoms with Crippen LogP contribution in [0.2, 0.25) is 0 Å². The van der Waals surface area contributed by atoms with Crippen LogP contribution in [-0.4, -0.2) is 83.6 Å². The van der Waals surface area contributed by atoms with Crippen LogP contribution < -0.4 is 26.8 Å². The van der Waals surface area contributed by atoms with Gasteiger partial charge in [-0.25, -0.2) is 4.79 Å². The van der Waals surface area contributed by atoms with Crippen LogP contribution in [0.1, 0.15) is 17.5 Å². The monoisotopic (exact) mass is 596 g/mol. The molecule has 0 saturated heterocycles. The summed E-state index contributed by atoms with van der Waals surface area (Å²) in [6.45, 7) is 0. The van der Waals surface area contributed by atoms with Gasteiger partial charge in [-0.2, -0.15) is 0 Å². The molecule has 1 aromatic carbocycles. The number of thiophene rings is 1. The number of carbonyl (C=O) groups is 4. The van der Waals surface area contributed by atoms with E-state index < -0.39 is 64.1 Å². The number of amides is 3. The van der Waals surface area contributed by atoms with E-state index in [-0.39, 0.29) is 24.0 Å². The Morgan fingerprint density at radius 2 is 1.86 bits per heavy atom. The van der Waals surface area contributed by atoms with Crippen LogP contribution in [-0.2, 0) is 20.8 Å². The number of hydrogen-bond acceptors (Lipinski definition) is 11. The lowest BCUT2D eigenvalue weighted by atomic mass is 9.57. The lowest BCUT2D eigenvalue weighted by Crippen LogP contribution is -2.65. The average Bonchev–Trinajstić information content (AvgIpc) is 3.43. The SMILES string of the molecule is CN(C)c1cc(NC(=O)NNc2cccs2)cc2c1CC1CC3[C@H](N(C)C)C(=O)C(C(N)=O)=C(O)[C@@]3(O)C(=O)C1=C2O. The fraction of sp³-hybridized carbons (Fsp3) is 0.357. The highest BCUT2D eigenvalue weighted by molar-refractivity contribution is 7.14. The Morgan fingerprint density at radius 3 is 2.45 bits per heavy atom. The number of nitrogens with two attached hydrogens (primary N) is 1. The highest BCUT2D eigenvalue weighted by Crippen LogP contribution is 2.52. The predicted octanol–water partition coefficient (Wildman–Crippen LogP) is 1.53. The van der Waals surface area contributed by atoms with E-state index in [1.165, 1.54) is 22.3 Å². The number of benzene rings is 1. The summed E-state index contributed by atoms with van der Waals surface area (Å²) in [5, 5.41) is 39.6. The fourth-order valence-electron chi connectivity index (χ4n) is 6.33. The third-order valence-electron chi connectivity index (χ3n) is 8.12. The number of hydrogen-bond donors (Lipinski definition) is 7. The van der Waals surface area contributed by atoms with Gasteiger partial charge in [0.05, 0.1) is 6.04 Å². The Labute approximate surface area is 245 Å². The van der Waals surface area contributed by atoms with Crippen molar-refractivity contribution in [2.75, 3.05) is 43.8 Å². The number of nitrogens with one attached hydrogen (secondary N) is 3. The molecule has 4 atom stereocenters. The third kappa shape index (κ3) is 4.47. The van der Waals surface area contributed by atoms with E-state index >= 15 is 0 Å². The van der Waals surface area contributed by atoms with Crippen LogP contribution in [0.3, 0.4) is 0 Å². The molecule has 0 aliphatic heterocycles. The Kier molecular flexibility index (Phi) is 7.25. The van der Waals surface area contributed by atoms with Gasteiger partial charge in [0.2, 0.25) is 5.78 Å². The predicted molar refractivity (Wildman–Crippen MR) is 157 cm³/mol. The second kappa shape index (κ2) is 10.5. The largest absolute Gasteiger partial charge is 0.508 e. The van der Waals surface area contributed by atoms with Crippen LogP contribution in [0.4, 0.5) is 21.2 Å². The summed E-state index contributed by atoms with van der Waals surface area (Å²) < 4.78 is 0. The van der Waals surface area contributed by atoms with Gasteiger partial charge in [-0.1, -0.05) is 0 Å². The second-order valence-corrected chi connectivity index (χ2v) is 12.0. The van der Waals surface area contributed by atoms with Crippen molar-refractivity contribution in [1.82, 2.24) is 10.3 Å². The number of nitrogens with zero attached hydrogens (tertiary/aromatic N) is 2. The topological polar surface area (TPSA) is 198 Å². The molecule has 42 heavy (non-hydrogen) atoms. The summed E-state index contributed by atoms with van der Waals surface area (Å²) in [4.78, 5) is 55.3. The maximum absolute atomic E-state index is 14.0. The summed E-state index contributed by atoms with van der Waals surface area (Å²) in [5.74, 6) is -6.30. The molecule has 0 spiro atoms. The number of aliphatic hydroxyl groups is 3. The minimum Gasteiger partial charge on any atom is -0.508 e. The summed E-state index contributed by atoms with van der Waals surface area (Å²) in [6, 6.07) is 5.18. The van der Waals surface area contributed by atoms with Gasteiger partial charge < -0.3 is 31.3 Å². The van der Waals surface area contributed by atoms with Crippen molar-refractivity contribution < 1.29 is 34.5 Å². The number of Topliss-reactive ketones (excluding diaryl/α,β-unsaturated/α-hetero) is 2. The van der Waals surface area contributed by atoms with E-state index in [1.54, 1.807) is 40.3 Å². The molecule has 3 aliphatic carbocycles. The maximum atomic E-state index is 14.0. The number of ketones is 2. The van der Waals surface area contributed by atoms with Crippen molar-refractivity contribution in [3.8, 4) is 0 Å². The van der Waals surface area contributed by atoms with E-state index in [9.17, 15) is 34.5 Å². The average molecular weight is 597 g/mol. The Hall–Kier alpha value is -4.40. The van der Waals surface area contributed by atoms with Gasteiger partial charge in [0, 0.05) is 42.5 Å². The standard InChI is InChI=1S/C28H32N6O7S/c1-33(2)17-11-13(30-27(40)32-31-18-6-5-7-42-18)10-15-14(17)8-12-9-16-21(34(3)4)23(36)20(26(29)39)25(38)28(16,41)24(37)19(12)22(15)35/h5-7,10-12,16,21,31,35,38,41H,8-9H2,1-4H3,(H2,29,39)(H2,30,32,40)/t12?,16?,21-,28-/m0/s1. The van der Waals surface area contributed by atoms with Crippen molar-refractivity contribution in [3.63, 3.8) is 0 Å². The zero-order valence-corrected chi connectivity index (χ0v) is 24.2. The number of primary amides is 1. The van der Waals surface area contributed by atoms with Gasteiger partial charge in [-0.15, -0.1) is 11.3 Å². The molecule has 0 bridgehead atoms. The van der Waals surface area contributed by atoms with E-state index in [4.69, 9.17) is 5.73 Å². The molecule has 1 aromatic heterocycles. The van der Waals surface area contributed by atoms with Crippen LogP contribution in [0.15, 0.2) is 46.6 Å². The second-order valence-electron chi connectivity index (χ2n) is 11.1. The normalized spacial score (nSPS) is 25.0. The zero-order valence-electron chi connectivity index (χ0n) is 23.4. The number of anilines is 3. The van der Waals surface area contributed by atoms with E-state index in [0.717, 1.165) is 5.00 Å². The van der Waals surface area contributed by atoms with Crippen LogP contribution in [0.5, 0.6) is 0 Å². The van der Waals surface area contributed by atoms with Gasteiger partial charge in [0.15, 0.2) is 11.4 Å². The van der Waals surface area contributed by atoms with Gasteiger partial charge in [-0.05, 0) is 68.1 Å². The summed E-state index contributed by atoms with van der Waals surface area (Å²) in [6.07, 6.45) is 0.323. The Balaban J connectivity index is 1.58. The van der Waals surface area contributed by atoms with E-state index in [0.29, 0.717) is 16.9 Å². The molecule has 3 aliphatic rings. The van der Waals surface area contributed by atoms with E-state index in [2.05, 4.69) is 16.2 Å². The molecule has 8 N–H and O–H groups in total. The van der Waals surface area contributed by atoms with Gasteiger partial charge in [0.1, 0.15) is 22.1 Å². The summed E-state index contributed by atoms with van der Waals surface area (Å²) >= 11 is 1.40. The molecule has 2 unspecified atom stereocenters. The first-order valence-corrected chi connectivity index (χ1v) is 14.0. The number of urea groups is 1. The van der Waals surface area contributed by atoms with Crippen molar-refractivity contribution in [2.45, 2.75) is 24.5 Å². The molecule has 5 rings (SSSR count). The first-order chi connectivity index (χ1) is 19.8. The molecule has 14 heteroatoms. The van der Waals surface area contributed by atoms with E-state index in [1.807, 2.05) is 16.3 Å². The summed E-state index contributed by atoms with van der Waals surface area (Å²) in [5.41, 5.74) is 9.04. The molecule has 2 aromatic rings. The van der Waals surface area contributed by atoms with Crippen LogP contribution in [0, 0.1) is 11.8 Å². The number of aliphatic hydroxyl groups excluding tert-OH is 2. The molecule has 1 saturated carbocycles.